The van der Waals surface area contributed by atoms with Gasteiger partial charge in [0.25, 0.3) is 5.91 Å². The molecule has 0 spiro atoms. The van der Waals surface area contributed by atoms with Crippen molar-refractivity contribution in [2.45, 2.75) is 25.4 Å². The Morgan fingerprint density at radius 1 is 1.50 bits per heavy atom. The fraction of sp³-hybridized carbons (Fsp3) is 0.462. The maximum atomic E-state index is 11.8. The van der Waals surface area contributed by atoms with Crippen molar-refractivity contribution in [3.05, 3.63) is 23.8 Å². The lowest BCUT2D eigenvalue weighted by Gasteiger charge is -2.22. The summed E-state index contributed by atoms with van der Waals surface area (Å²) in [6, 6.07) is 4.47. The van der Waals surface area contributed by atoms with E-state index in [0.717, 1.165) is 25.9 Å². The molecule has 0 radical (unpaired) electrons. The van der Waals surface area contributed by atoms with Crippen LogP contribution >= 0.6 is 0 Å². The number of hydrogen-bond donors (Lipinski definition) is 3. The summed E-state index contributed by atoms with van der Waals surface area (Å²) in [6.45, 7) is 1.27. The van der Waals surface area contributed by atoms with Gasteiger partial charge in [-0.2, -0.15) is 0 Å². The van der Waals surface area contributed by atoms with Crippen molar-refractivity contribution in [1.29, 1.82) is 0 Å². The first-order valence-electron chi connectivity index (χ1n) is 6.15. The van der Waals surface area contributed by atoms with Gasteiger partial charge in [-0.15, -0.1) is 0 Å². The number of amides is 1. The molecule has 0 saturated carbocycles. The lowest BCUT2D eigenvalue weighted by Crippen LogP contribution is -2.35. The number of phenolic OH excluding ortho intramolecular Hbond substituents is 1. The van der Waals surface area contributed by atoms with Gasteiger partial charge < -0.3 is 20.9 Å². The second-order valence-corrected chi connectivity index (χ2v) is 4.47. The van der Waals surface area contributed by atoms with Crippen LogP contribution in [0, 0.1) is 0 Å². The largest absolute Gasteiger partial charge is 0.506 e. The van der Waals surface area contributed by atoms with Crippen LogP contribution in [0.2, 0.25) is 0 Å². The summed E-state index contributed by atoms with van der Waals surface area (Å²) in [4.78, 5) is 11.8. The minimum absolute atomic E-state index is 0.0726. The first-order chi connectivity index (χ1) is 8.66. The van der Waals surface area contributed by atoms with Crippen molar-refractivity contribution in [3.8, 4) is 5.75 Å². The first-order valence-corrected chi connectivity index (χ1v) is 6.15. The molecule has 1 atom stereocenters. The number of carbonyl (C=O) groups excluding carboxylic acids is 1. The molecule has 18 heavy (non-hydrogen) atoms. The normalized spacial score (nSPS) is 19.4. The Kier molecular flexibility index (Phi) is 4.04. The lowest BCUT2D eigenvalue weighted by atomic mass is 10.1. The number of ether oxygens (including phenoxy) is 1. The van der Waals surface area contributed by atoms with E-state index in [0.29, 0.717) is 12.1 Å². The smallest absolute Gasteiger partial charge is 0.251 e. The lowest BCUT2D eigenvalue weighted by molar-refractivity contribution is 0.0169. The molecule has 4 N–H and O–H groups in total. The van der Waals surface area contributed by atoms with Gasteiger partial charge in [0.2, 0.25) is 0 Å². The molecule has 1 aliphatic rings. The Hall–Kier alpha value is -1.75. The fourth-order valence-corrected chi connectivity index (χ4v) is 1.96. The van der Waals surface area contributed by atoms with E-state index in [2.05, 4.69) is 5.32 Å². The Labute approximate surface area is 106 Å². The van der Waals surface area contributed by atoms with Crippen LogP contribution in [0.1, 0.15) is 29.6 Å². The second kappa shape index (κ2) is 5.73. The van der Waals surface area contributed by atoms with Crippen LogP contribution in [0.3, 0.4) is 0 Å². The van der Waals surface area contributed by atoms with E-state index in [1.165, 1.54) is 12.1 Å². The third-order valence-electron chi connectivity index (χ3n) is 3.06. The van der Waals surface area contributed by atoms with Gasteiger partial charge in [0, 0.05) is 18.7 Å². The maximum Gasteiger partial charge on any atom is 0.251 e. The average Bonchev–Trinajstić information content (AvgIpc) is 2.40. The molecule has 0 bridgehead atoms. The Balaban J connectivity index is 1.88. The summed E-state index contributed by atoms with van der Waals surface area (Å²) in [7, 11) is 0. The number of aromatic hydroxyl groups is 1. The van der Waals surface area contributed by atoms with Gasteiger partial charge in [-0.1, -0.05) is 0 Å². The first kappa shape index (κ1) is 12.7. The highest BCUT2D eigenvalue weighted by atomic mass is 16.5. The molecule has 1 aromatic carbocycles. The van der Waals surface area contributed by atoms with Crippen LogP contribution in [-0.4, -0.2) is 30.3 Å². The quantitative estimate of drug-likeness (QED) is 0.557. The van der Waals surface area contributed by atoms with E-state index < -0.39 is 0 Å². The molecule has 1 unspecified atom stereocenters. The van der Waals surface area contributed by atoms with E-state index >= 15 is 0 Å². The molecule has 1 heterocycles. The highest BCUT2D eigenvalue weighted by Gasteiger charge is 2.15. The molecular formula is C13H18N2O3. The van der Waals surface area contributed by atoms with Crippen molar-refractivity contribution in [2.24, 2.45) is 0 Å². The van der Waals surface area contributed by atoms with Gasteiger partial charge in [0.1, 0.15) is 5.75 Å². The zero-order valence-electron chi connectivity index (χ0n) is 10.2. The van der Waals surface area contributed by atoms with Crippen molar-refractivity contribution >= 4 is 11.6 Å². The van der Waals surface area contributed by atoms with E-state index in [-0.39, 0.29) is 23.4 Å². The minimum atomic E-state index is -0.223. The predicted molar refractivity (Wildman–Crippen MR) is 68.4 cm³/mol. The molecule has 1 saturated heterocycles. The van der Waals surface area contributed by atoms with Gasteiger partial charge in [0.15, 0.2) is 0 Å². The molecule has 5 nitrogen and oxygen atoms in total. The maximum absolute atomic E-state index is 11.8. The molecule has 5 heteroatoms. The Morgan fingerprint density at radius 3 is 3.00 bits per heavy atom. The summed E-state index contributed by atoms with van der Waals surface area (Å²) >= 11 is 0. The van der Waals surface area contributed by atoms with Crippen molar-refractivity contribution < 1.29 is 14.6 Å². The van der Waals surface area contributed by atoms with E-state index in [9.17, 15) is 9.90 Å². The van der Waals surface area contributed by atoms with Gasteiger partial charge in [-0.25, -0.2) is 0 Å². The molecule has 1 amide bonds. The number of phenols is 1. The van der Waals surface area contributed by atoms with Crippen LogP contribution in [0.5, 0.6) is 5.75 Å². The average molecular weight is 250 g/mol. The Morgan fingerprint density at radius 2 is 2.33 bits per heavy atom. The molecule has 0 aromatic heterocycles. The number of rotatable bonds is 3. The molecule has 1 aromatic rings. The second-order valence-electron chi connectivity index (χ2n) is 4.47. The molecule has 1 fully saturated rings. The monoisotopic (exact) mass is 250 g/mol. The third kappa shape index (κ3) is 3.13. The van der Waals surface area contributed by atoms with Crippen LogP contribution in [0.15, 0.2) is 18.2 Å². The number of carbonyl (C=O) groups is 1. The van der Waals surface area contributed by atoms with Crippen molar-refractivity contribution in [1.82, 2.24) is 5.32 Å². The zero-order valence-corrected chi connectivity index (χ0v) is 10.2. The summed E-state index contributed by atoms with van der Waals surface area (Å²) in [5, 5.41) is 12.2. The highest BCUT2D eigenvalue weighted by Crippen LogP contribution is 2.20. The van der Waals surface area contributed by atoms with Crippen molar-refractivity contribution in [2.75, 3.05) is 18.9 Å². The van der Waals surface area contributed by atoms with Gasteiger partial charge in [-0.3, -0.25) is 4.79 Å². The minimum Gasteiger partial charge on any atom is -0.506 e. The zero-order chi connectivity index (χ0) is 13.0. The van der Waals surface area contributed by atoms with Gasteiger partial charge >= 0.3 is 0 Å². The van der Waals surface area contributed by atoms with Gasteiger partial charge in [0.05, 0.1) is 11.8 Å². The molecule has 1 aliphatic heterocycles. The van der Waals surface area contributed by atoms with Gasteiger partial charge in [-0.05, 0) is 37.5 Å². The number of benzene rings is 1. The number of hydrogen-bond acceptors (Lipinski definition) is 4. The van der Waals surface area contributed by atoms with E-state index in [1.807, 2.05) is 0 Å². The third-order valence-corrected chi connectivity index (χ3v) is 3.06. The Bertz CT molecular complexity index is 428. The summed E-state index contributed by atoms with van der Waals surface area (Å²) < 4.78 is 5.52. The summed E-state index contributed by atoms with van der Waals surface area (Å²) in [6.07, 6.45) is 3.32. The number of nitrogen functional groups attached to an aromatic ring is 1. The molecular weight excluding hydrogens is 232 g/mol. The van der Waals surface area contributed by atoms with E-state index in [1.54, 1.807) is 6.07 Å². The van der Waals surface area contributed by atoms with Crippen LogP contribution < -0.4 is 11.1 Å². The van der Waals surface area contributed by atoms with Crippen LogP contribution in [-0.2, 0) is 4.74 Å². The topological polar surface area (TPSA) is 84.6 Å². The van der Waals surface area contributed by atoms with E-state index in [4.69, 9.17) is 10.5 Å². The number of nitrogens with two attached hydrogens (primary N) is 1. The predicted octanol–water partition coefficient (Wildman–Crippen LogP) is 1.27. The van der Waals surface area contributed by atoms with Crippen LogP contribution in [0.4, 0.5) is 5.69 Å². The highest BCUT2D eigenvalue weighted by molar-refractivity contribution is 5.95. The van der Waals surface area contributed by atoms with Crippen LogP contribution in [0.25, 0.3) is 0 Å². The number of nitrogens with one attached hydrogen (secondary N) is 1. The summed E-state index contributed by atoms with van der Waals surface area (Å²) in [5.74, 6) is -0.295. The molecule has 0 aliphatic carbocycles. The fourth-order valence-electron chi connectivity index (χ4n) is 1.96. The summed E-state index contributed by atoms with van der Waals surface area (Å²) in [5.41, 5.74) is 6.14. The molecule has 98 valence electrons. The SMILES string of the molecule is Nc1ccc(C(=O)NCC2CCCCO2)cc1O. The van der Waals surface area contributed by atoms with Crippen molar-refractivity contribution in [3.63, 3.8) is 0 Å². The standard InChI is InChI=1S/C13H18N2O3/c14-11-5-4-9(7-12(11)16)13(17)15-8-10-3-1-2-6-18-10/h4-5,7,10,16H,1-3,6,8,14H2,(H,15,17). The molecule has 2 rings (SSSR count). The number of anilines is 1.